The lowest BCUT2D eigenvalue weighted by atomic mass is 10.0. The Bertz CT molecular complexity index is 610. The second kappa shape index (κ2) is 15.9. The summed E-state index contributed by atoms with van der Waals surface area (Å²) in [6.45, 7) is 2.26. The summed E-state index contributed by atoms with van der Waals surface area (Å²) in [6.07, 6.45) is 19.9. The van der Waals surface area contributed by atoms with Gasteiger partial charge in [0.05, 0.1) is 11.0 Å². The molecule has 1 aromatic carbocycles. The van der Waals surface area contributed by atoms with Gasteiger partial charge in [0, 0.05) is 0 Å². The number of hydrogen-bond acceptors (Lipinski definition) is 3. The first-order valence-corrected chi connectivity index (χ1v) is 13.1. The number of hydrogen-bond donors (Lipinski definition) is 2. The molecular formula is C24H42O4S. The van der Waals surface area contributed by atoms with Gasteiger partial charge in [-0.1, -0.05) is 115 Å². The number of rotatable bonds is 18. The molecule has 0 spiro atoms. The molecule has 4 nitrogen and oxygen atoms in total. The number of aliphatic hydroxyl groups is 1. The lowest BCUT2D eigenvalue weighted by Crippen LogP contribution is -2.01. The molecular weight excluding hydrogens is 384 g/mol. The minimum absolute atomic E-state index is 0.138. The Kier molecular flexibility index (Phi) is 14.3. The molecule has 0 amide bonds. The van der Waals surface area contributed by atoms with E-state index in [9.17, 15) is 13.5 Å². The van der Waals surface area contributed by atoms with Gasteiger partial charge in [0.25, 0.3) is 10.1 Å². The van der Waals surface area contributed by atoms with E-state index in [1.807, 2.05) is 0 Å². The van der Waals surface area contributed by atoms with E-state index in [0.717, 1.165) is 12.8 Å². The third kappa shape index (κ3) is 13.1. The van der Waals surface area contributed by atoms with Gasteiger partial charge in [-0.25, -0.2) is 0 Å². The summed E-state index contributed by atoms with van der Waals surface area (Å²) in [5.41, 5.74) is 0.697. The fraction of sp³-hybridized carbons (Fsp3) is 0.750. The zero-order valence-corrected chi connectivity index (χ0v) is 19.1. The van der Waals surface area contributed by atoms with Crippen LogP contribution in [0.4, 0.5) is 0 Å². The van der Waals surface area contributed by atoms with Crippen LogP contribution in [-0.4, -0.2) is 18.1 Å². The summed E-state index contributed by atoms with van der Waals surface area (Å²) in [4.78, 5) is -0.138. The van der Waals surface area contributed by atoms with Crippen LogP contribution in [0.5, 0.6) is 0 Å². The lowest BCUT2D eigenvalue weighted by Gasteiger charge is -2.11. The molecule has 0 fully saturated rings. The minimum Gasteiger partial charge on any atom is -0.388 e. The third-order valence-electron chi connectivity index (χ3n) is 5.64. The van der Waals surface area contributed by atoms with Crippen molar-refractivity contribution in [3.8, 4) is 0 Å². The molecule has 168 valence electrons. The second-order valence-corrected chi connectivity index (χ2v) is 9.72. The number of unbranched alkanes of at least 4 members (excludes halogenated alkanes) is 14. The van der Waals surface area contributed by atoms with Crippen LogP contribution in [0.15, 0.2) is 29.2 Å². The fourth-order valence-electron chi connectivity index (χ4n) is 3.74. The van der Waals surface area contributed by atoms with Gasteiger partial charge in [-0.05, 0) is 24.1 Å². The highest BCUT2D eigenvalue weighted by Gasteiger charge is 2.11. The van der Waals surface area contributed by atoms with E-state index in [0.29, 0.717) is 12.0 Å². The first-order valence-electron chi connectivity index (χ1n) is 11.7. The lowest BCUT2D eigenvalue weighted by molar-refractivity contribution is 0.163. The van der Waals surface area contributed by atoms with Crippen molar-refractivity contribution in [2.45, 2.75) is 121 Å². The number of benzene rings is 1. The average molecular weight is 427 g/mol. The smallest absolute Gasteiger partial charge is 0.294 e. The molecule has 1 rings (SSSR count). The van der Waals surface area contributed by atoms with Crippen LogP contribution in [0.3, 0.4) is 0 Å². The highest BCUT2D eigenvalue weighted by atomic mass is 32.2. The molecule has 0 aromatic heterocycles. The van der Waals surface area contributed by atoms with Gasteiger partial charge >= 0.3 is 0 Å². The molecule has 29 heavy (non-hydrogen) atoms. The normalized spacial score (nSPS) is 12.9. The van der Waals surface area contributed by atoms with Crippen molar-refractivity contribution in [3.63, 3.8) is 0 Å². The Morgan fingerprint density at radius 1 is 0.690 bits per heavy atom. The van der Waals surface area contributed by atoms with Gasteiger partial charge in [-0.2, -0.15) is 8.42 Å². The minimum atomic E-state index is -4.17. The monoisotopic (exact) mass is 426 g/mol. The maximum absolute atomic E-state index is 11.0. The molecule has 2 N–H and O–H groups in total. The van der Waals surface area contributed by atoms with Gasteiger partial charge in [-0.3, -0.25) is 4.55 Å². The van der Waals surface area contributed by atoms with E-state index in [1.54, 1.807) is 12.1 Å². The van der Waals surface area contributed by atoms with Gasteiger partial charge < -0.3 is 5.11 Å². The largest absolute Gasteiger partial charge is 0.388 e. The van der Waals surface area contributed by atoms with Crippen molar-refractivity contribution in [2.75, 3.05) is 0 Å². The predicted molar refractivity (Wildman–Crippen MR) is 121 cm³/mol. The quantitative estimate of drug-likeness (QED) is 0.192. The van der Waals surface area contributed by atoms with E-state index in [4.69, 9.17) is 4.55 Å². The summed E-state index contributed by atoms with van der Waals surface area (Å²) < 4.78 is 31.1. The zero-order chi connectivity index (χ0) is 21.4. The Hall–Kier alpha value is -0.910. The Balaban J connectivity index is 1.94. The van der Waals surface area contributed by atoms with Crippen LogP contribution >= 0.6 is 0 Å². The predicted octanol–water partition coefficient (Wildman–Crippen LogP) is 7.23. The first kappa shape index (κ1) is 26.1. The van der Waals surface area contributed by atoms with Crippen molar-refractivity contribution in [3.05, 3.63) is 29.8 Å². The highest BCUT2D eigenvalue weighted by Crippen LogP contribution is 2.22. The fourth-order valence-corrected chi connectivity index (χ4v) is 4.22. The standard InChI is InChI=1S/C24H42O4S/c1-2-3-4-5-6-7-8-9-10-11-12-13-14-15-16-17-24(25)22-18-20-23(21-19-22)29(26,27)28/h18-21,24-25H,2-17H2,1H3,(H,26,27,28). The molecule has 0 aliphatic heterocycles. The summed E-state index contributed by atoms with van der Waals surface area (Å²) in [5, 5.41) is 10.2. The van der Waals surface area contributed by atoms with Crippen LogP contribution in [0.2, 0.25) is 0 Å². The van der Waals surface area contributed by atoms with Crippen molar-refractivity contribution >= 4 is 10.1 Å². The van der Waals surface area contributed by atoms with Gasteiger partial charge in [0.2, 0.25) is 0 Å². The van der Waals surface area contributed by atoms with E-state index in [2.05, 4.69) is 6.92 Å². The van der Waals surface area contributed by atoms with Gasteiger partial charge in [-0.15, -0.1) is 0 Å². The highest BCUT2D eigenvalue weighted by molar-refractivity contribution is 7.85. The molecule has 1 atom stereocenters. The Morgan fingerprint density at radius 2 is 1.07 bits per heavy atom. The molecule has 0 radical (unpaired) electrons. The van der Waals surface area contributed by atoms with Crippen LogP contribution in [-0.2, 0) is 10.1 Å². The molecule has 0 saturated carbocycles. The van der Waals surface area contributed by atoms with Crippen LogP contribution in [0.25, 0.3) is 0 Å². The van der Waals surface area contributed by atoms with Crippen LogP contribution < -0.4 is 0 Å². The zero-order valence-electron chi connectivity index (χ0n) is 18.3. The van der Waals surface area contributed by atoms with Crippen LogP contribution in [0, 0.1) is 0 Å². The first-order chi connectivity index (χ1) is 13.9. The van der Waals surface area contributed by atoms with E-state index in [-0.39, 0.29) is 4.90 Å². The molecule has 5 heteroatoms. The summed E-state index contributed by atoms with van der Waals surface area (Å²) in [7, 11) is -4.17. The van der Waals surface area contributed by atoms with Crippen molar-refractivity contribution < 1.29 is 18.1 Å². The van der Waals surface area contributed by atoms with Crippen LogP contribution in [0.1, 0.15) is 121 Å². The van der Waals surface area contributed by atoms with Crippen molar-refractivity contribution in [1.29, 1.82) is 0 Å². The summed E-state index contributed by atoms with van der Waals surface area (Å²) >= 11 is 0. The Morgan fingerprint density at radius 3 is 1.45 bits per heavy atom. The molecule has 0 aliphatic carbocycles. The second-order valence-electron chi connectivity index (χ2n) is 8.30. The summed E-state index contributed by atoms with van der Waals surface area (Å²) in [6, 6.07) is 5.80. The maximum Gasteiger partial charge on any atom is 0.294 e. The van der Waals surface area contributed by atoms with Crippen molar-refractivity contribution in [1.82, 2.24) is 0 Å². The van der Waals surface area contributed by atoms with Gasteiger partial charge in [0.1, 0.15) is 0 Å². The maximum atomic E-state index is 11.0. The number of aliphatic hydroxyl groups excluding tert-OH is 1. The van der Waals surface area contributed by atoms with Gasteiger partial charge in [0.15, 0.2) is 0 Å². The third-order valence-corrected chi connectivity index (χ3v) is 6.51. The molecule has 1 aromatic rings. The SMILES string of the molecule is CCCCCCCCCCCCCCCCCC(O)c1ccc(S(=O)(=O)O)cc1. The average Bonchev–Trinajstić information content (AvgIpc) is 2.70. The topological polar surface area (TPSA) is 74.6 Å². The summed E-state index contributed by atoms with van der Waals surface area (Å²) in [5.74, 6) is 0. The van der Waals surface area contributed by atoms with Crippen molar-refractivity contribution in [2.24, 2.45) is 0 Å². The molecule has 0 heterocycles. The van der Waals surface area contributed by atoms with E-state index < -0.39 is 16.2 Å². The molecule has 0 bridgehead atoms. The van der Waals surface area contributed by atoms with E-state index in [1.165, 1.54) is 95.6 Å². The Labute approximate surface area is 178 Å². The van der Waals surface area contributed by atoms with E-state index >= 15 is 0 Å². The molecule has 0 aliphatic rings. The molecule has 1 unspecified atom stereocenters. The molecule has 0 saturated heterocycles.